The van der Waals surface area contributed by atoms with Crippen LogP contribution in [0.25, 0.3) is 10.4 Å². The Kier molecular flexibility index (Phi) is 8.71. The maximum Gasteiger partial charge on any atom is 0.402 e. The van der Waals surface area contributed by atoms with Gasteiger partial charge in [-0.2, -0.15) is 13.2 Å². The number of amides is 2. The molecule has 1 aromatic heterocycles. The Balaban J connectivity index is 1.67. The van der Waals surface area contributed by atoms with E-state index in [-0.39, 0.29) is 48.5 Å². The van der Waals surface area contributed by atoms with Crippen molar-refractivity contribution in [2.45, 2.75) is 56.2 Å². The van der Waals surface area contributed by atoms with Crippen molar-refractivity contribution < 1.29 is 32.1 Å². The van der Waals surface area contributed by atoms with Gasteiger partial charge >= 0.3 is 6.18 Å². The highest BCUT2D eigenvalue weighted by molar-refractivity contribution is 7.83. The molecule has 214 valence electrons. The SMILES string of the molecule is CC(C)(O)CNC(=O)c1nc(C(=O)N2CCC3(CC2)CC3)c(-c2ccc(S(=O)NCC(F)(F)F)c(Cl)c2Cl)s1. The van der Waals surface area contributed by atoms with Gasteiger partial charge in [-0.1, -0.05) is 29.3 Å². The van der Waals surface area contributed by atoms with Crippen molar-refractivity contribution in [2.75, 3.05) is 26.2 Å². The van der Waals surface area contributed by atoms with E-state index < -0.39 is 35.2 Å². The molecule has 2 aromatic rings. The maximum absolute atomic E-state index is 13.6. The molecule has 2 fully saturated rings. The fourth-order valence-electron chi connectivity index (χ4n) is 4.20. The van der Waals surface area contributed by atoms with E-state index in [1.165, 1.54) is 26.0 Å². The normalized spacial score (nSPS) is 17.8. The topological polar surface area (TPSA) is 112 Å². The zero-order valence-corrected chi connectivity index (χ0v) is 24.2. The highest BCUT2D eigenvalue weighted by Gasteiger charge is 2.45. The third-order valence-corrected chi connectivity index (χ3v) is 9.90. The summed E-state index contributed by atoms with van der Waals surface area (Å²) in [6, 6.07) is 2.64. The zero-order valence-electron chi connectivity index (χ0n) is 21.1. The minimum atomic E-state index is -4.58. The smallest absolute Gasteiger partial charge is 0.389 e. The van der Waals surface area contributed by atoms with E-state index in [1.54, 1.807) is 4.90 Å². The fourth-order valence-corrected chi connectivity index (χ4v) is 6.86. The van der Waals surface area contributed by atoms with Crippen LogP contribution in [0.3, 0.4) is 0 Å². The maximum atomic E-state index is 13.6. The molecule has 1 aliphatic heterocycles. The number of alkyl halides is 3. The Morgan fingerprint density at radius 3 is 2.33 bits per heavy atom. The number of halogens is 5. The Labute approximate surface area is 239 Å². The van der Waals surface area contributed by atoms with Gasteiger partial charge < -0.3 is 15.3 Å². The van der Waals surface area contributed by atoms with E-state index >= 15 is 0 Å². The first-order chi connectivity index (χ1) is 18.1. The first kappa shape index (κ1) is 30.2. The highest BCUT2D eigenvalue weighted by atomic mass is 35.5. The van der Waals surface area contributed by atoms with Crippen LogP contribution in [-0.2, 0) is 11.0 Å². The molecule has 3 N–H and O–H groups in total. The minimum Gasteiger partial charge on any atom is -0.389 e. The number of nitrogens with zero attached hydrogens (tertiary/aromatic N) is 2. The molecule has 1 aliphatic carbocycles. The second kappa shape index (κ2) is 11.2. The van der Waals surface area contributed by atoms with Gasteiger partial charge in [-0.3, -0.25) is 9.59 Å². The lowest BCUT2D eigenvalue weighted by Crippen LogP contribution is -2.39. The number of carbonyl (C=O) groups excluding carboxylic acids is 2. The summed E-state index contributed by atoms with van der Waals surface area (Å²) in [5.74, 6) is -0.987. The quantitative estimate of drug-likeness (QED) is 0.389. The van der Waals surface area contributed by atoms with Crippen molar-refractivity contribution in [3.63, 3.8) is 0 Å². The van der Waals surface area contributed by atoms with E-state index in [1.807, 2.05) is 4.72 Å². The van der Waals surface area contributed by atoms with E-state index in [0.717, 1.165) is 37.0 Å². The largest absolute Gasteiger partial charge is 0.402 e. The molecule has 1 unspecified atom stereocenters. The van der Waals surface area contributed by atoms with Crippen molar-refractivity contribution in [3.8, 4) is 10.4 Å². The number of piperidine rings is 1. The molecule has 1 saturated carbocycles. The average Bonchev–Trinajstić information content (AvgIpc) is 3.46. The monoisotopic (exact) mass is 626 g/mol. The summed E-state index contributed by atoms with van der Waals surface area (Å²) in [6.45, 7) is 2.59. The van der Waals surface area contributed by atoms with Crippen LogP contribution in [0.15, 0.2) is 17.0 Å². The Hall–Kier alpha value is -1.77. The summed E-state index contributed by atoms with van der Waals surface area (Å²) in [5, 5.41) is 12.1. The van der Waals surface area contributed by atoms with Gasteiger partial charge in [-0.15, -0.1) is 11.3 Å². The molecule has 1 atom stereocenters. The van der Waals surface area contributed by atoms with Gasteiger partial charge in [0.25, 0.3) is 11.8 Å². The van der Waals surface area contributed by atoms with Crippen molar-refractivity contribution in [2.24, 2.45) is 5.41 Å². The number of aliphatic hydroxyl groups is 1. The van der Waals surface area contributed by atoms with Gasteiger partial charge in [0, 0.05) is 25.2 Å². The summed E-state index contributed by atoms with van der Waals surface area (Å²) >= 11 is 13.7. The third kappa shape index (κ3) is 7.31. The van der Waals surface area contributed by atoms with E-state index in [2.05, 4.69) is 10.3 Å². The fraction of sp³-hybridized carbons (Fsp3) is 0.542. The molecule has 2 aliphatic rings. The molecular formula is C24H27Cl2F3N4O4S2. The van der Waals surface area contributed by atoms with E-state index in [9.17, 15) is 32.1 Å². The number of hydrogen-bond acceptors (Lipinski definition) is 6. The lowest BCUT2D eigenvalue weighted by Gasteiger charge is -2.31. The second-order valence-corrected chi connectivity index (χ2v) is 13.4. The highest BCUT2D eigenvalue weighted by Crippen LogP contribution is 2.53. The van der Waals surface area contributed by atoms with Gasteiger partial charge in [-0.05, 0) is 51.0 Å². The molecule has 0 bridgehead atoms. The first-order valence-electron chi connectivity index (χ1n) is 12.1. The van der Waals surface area contributed by atoms with Gasteiger partial charge in [0.1, 0.15) is 23.2 Å². The van der Waals surface area contributed by atoms with Crippen molar-refractivity contribution >= 4 is 57.3 Å². The molecule has 4 rings (SSSR count). The predicted octanol–water partition coefficient (Wildman–Crippen LogP) is 4.81. The van der Waals surface area contributed by atoms with Crippen LogP contribution in [0, 0.1) is 5.41 Å². The summed E-state index contributed by atoms with van der Waals surface area (Å²) in [6.07, 6.45) is -0.506. The number of rotatable bonds is 8. The molecule has 1 spiro atoms. The number of aromatic nitrogens is 1. The van der Waals surface area contributed by atoms with E-state index in [0.29, 0.717) is 18.5 Å². The van der Waals surface area contributed by atoms with Gasteiger partial charge in [0.05, 0.1) is 25.4 Å². The van der Waals surface area contributed by atoms with Gasteiger partial charge in [0.15, 0.2) is 5.01 Å². The van der Waals surface area contributed by atoms with E-state index in [4.69, 9.17) is 23.2 Å². The molecule has 39 heavy (non-hydrogen) atoms. The molecule has 2 amide bonds. The Bertz CT molecular complexity index is 1300. The van der Waals surface area contributed by atoms with Crippen molar-refractivity contribution in [3.05, 3.63) is 32.9 Å². The average molecular weight is 628 g/mol. The van der Waals surface area contributed by atoms with Crippen LogP contribution in [0.5, 0.6) is 0 Å². The summed E-state index contributed by atoms with van der Waals surface area (Å²) in [4.78, 5) is 32.5. The molecular weight excluding hydrogens is 600 g/mol. The van der Waals surface area contributed by atoms with Crippen LogP contribution >= 0.6 is 34.5 Å². The predicted molar refractivity (Wildman–Crippen MR) is 143 cm³/mol. The molecule has 8 nitrogen and oxygen atoms in total. The molecule has 1 saturated heterocycles. The van der Waals surface area contributed by atoms with Crippen molar-refractivity contribution in [1.29, 1.82) is 0 Å². The van der Waals surface area contributed by atoms with Gasteiger partial charge in [-0.25, -0.2) is 13.9 Å². The van der Waals surface area contributed by atoms with Crippen LogP contribution in [0.1, 0.15) is 59.8 Å². The Morgan fingerprint density at radius 1 is 1.13 bits per heavy atom. The number of thiazole rings is 1. The number of likely N-dealkylation sites (tertiary alicyclic amines) is 1. The number of benzene rings is 1. The van der Waals surface area contributed by atoms with Crippen LogP contribution in [0.4, 0.5) is 13.2 Å². The molecule has 0 radical (unpaired) electrons. The molecule has 1 aromatic carbocycles. The van der Waals surface area contributed by atoms with Crippen LogP contribution < -0.4 is 10.0 Å². The minimum absolute atomic E-state index is 0.0119. The van der Waals surface area contributed by atoms with Crippen LogP contribution in [-0.4, -0.2) is 69.0 Å². The summed E-state index contributed by atoms with van der Waals surface area (Å²) in [5.41, 5.74) is -0.645. The second-order valence-electron chi connectivity index (χ2n) is 10.4. The molecule has 2 heterocycles. The van der Waals surface area contributed by atoms with Crippen molar-refractivity contribution in [1.82, 2.24) is 19.9 Å². The van der Waals surface area contributed by atoms with Gasteiger partial charge in [0.2, 0.25) is 0 Å². The summed E-state index contributed by atoms with van der Waals surface area (Å²) < 4.78 is 51.9. The molecule has 15 heteroatoms. The standard InChI is InChI=1S/C24H27Cl2F3N4O4S2/c1-22(2,36)11-30-19(34)20-32-17(21(35)33-9-7-23(5-6-23)8-10-33)18(38-20)13-3-4-14(16(26)15(13)25)39(37)31-12-24(27,28)29/h3-4,31,36H,5-12H2,1-2H3,(H,30,34). The summed E-state index contributed by atoms with van der Waals surface area (Å²) in [7, 11) is -2.31. The number of hydrogen-bond donors (Lipinski definition) is 3. The lowest BCUT2D eigenvalue weighted by atomic mass is 9.93. The number of nitrogens with one attached hydrogen (secondary N) is 2. The zero-order chi connectivity index (χ0) is 28.8. The van der Waals surface area contributed by atoms with Crippen LogP contribution in [0.2, 0.25) is 10.0 Å². The third-order valence-electron chi connectivity index (χ3n) is 6.67. The Morgan fingerprint density at radius 2 is 1.77 bits per heavy atom. The lowest BCUT2D eigenvalue weighted by molar-refractivity contribution is -0.121. The number of carbonyl (C=O) groups is 2. The first-order valence-corrected chi connectivity index (χ1v) is 14.8.